The summed E-state index contributed by atoms with van der Waals surface area (Å²) in [6.45, 7) is 0.645. The highest BCUT2D eigenvalue weighted by atomic mass is 32.2. The molecule has 0 heterocycles. The maximum Gasteiger partial charge on any atom is 0.246 e. The Labute approximate surface area is 249 Å². The van der Waals surface area contributed by atoms with Crippen molar-refractivity contribution < 1.29 is 22.3 Å². The molecule has 0 saturated heterocycles. The van der Waals surface area contributed by atoms with Crippen molar-refractivity contribution in [3.8, 4) is 0 Å². The SMILES string of the molecule is CN(C)C(c1ccc(F)cc1)C1CCC(CNC(=O)COCCNS(=O)(=O)c2ccccc2Cc2ccccc2)CC1. The fraction of sp³-hybridized carbons (Fsp3) is 0.424. The summed E-state index contributed by atoms with van der Waals surface area (Å²) in [5.41, 5.74) is 2.89. The van der Waals surface area contributed by atoms with Crippen molar-refractivity contribution >= 4 is 15.9 Å². The Hall–Kier alpha value is -3.11. The highest BCUT2D eigenvalue weighted by Crippen LogP contribution is 2.39. The van der Waals surface area contributed by atoms with Gasteiger partial charge in [0.1, 0.15) is 12.4 Å². The molecule has 1 atom stereocenters. The van der Waals surface area contributed by atoms with E-state index in [1.165, 1.54) is 12.1 Å². The van der Waals surface area contributed by atoms with E-state index in [-0.39, 0.29) is 42.4 Å². The van der Waals surface area contributed by atoms with E-state index >= 15 is 0 Å². The van der Waals surface area contributed by atoms with Gasteiger partial charge in [0.25, 0.3) is 0 Å². The summed E-state index contributed by atoms with van der Waals surface area (Å²) in [6, 6.07) is 23.7. The molecule has 7 nitrogen and oxygen atoms in total. The van der Waals surface area contributed by atoms with E-state index in [0.717, 1.165) is 42.4 Å². The molecular formula is C33H42FN3O4S. The third-order valence-corrected chi connectivity index (χ3v) is 9.53. The van der Waals surface area contributed by atoms with Crippen LogP contribution < -0.4 is 10.0 Å². The molecule has 226 valence electrons. The lowest BCUT2D eigenvalue weighted by Crippen LogP contribution is -2.36. The third kappa shape index (κ3) is 9.19. The molecule has 3 aromatic rings. The van der Waals surface area contributed by atoms with Gasteiger partial charge in [-0.05, 0) is 92.9 Å². The second-order valence-electron chi connectivity index (χ2n) is 11.3. The van der Waals surface area contributed by atoms with Crippen molar-refractivity contribution in [3.63, 3.8) is 0 Å². The molecule has 1 saturated carbocycles. The summed E-state index contributed by atoms with van der Waals surface area (Å²) in [7, 11) is 0.409. The molecule has 2 N–H and O–H groups in total. The minimum atomic E-state index is -3.72. The molecule has 9 heteroatoms. The molecule has 0 spiro atoms. The molecular weight excluding hydrogens is 553 g/mol. The van der Waals surface area contributed by atoms with Gasteiger partial charge in [-0.3, -0.25) is 4.79 Å². The zero-order valence-corrected chi connectivity index (χ0v) is 25.3. The Morgan fingerprint density at radius 2 is 1.62 bits per heavy atom. The van der Waals surface area contributed by atoms with Crippen LogP contribution in [-0.2, 0) is 26.0 Å². The van der Waals surface area contributed by atoms with Gasteiger partial charge in [0.2, 0.25) is 15.9 Å². The Balaban J connectivity index is 1.14. The summed E-state index contributed by atoms with van der Waals surface area (Å²) in [4.78, 5) is 14.8. The molecule has 0 radical (unpaired) electrons. The van der Waals surface area contributed by atoms with E-state index < -0.39 is 10.0 Å². The lowest BCUT2D eigenvalue weighted by molar-refractivity contribution is -0.125. The zero-order chi connectivity index (χ0) is 30.0. The molecule has 42 heavy (non-hydrogen) atoms. The van der Waals surface area contributed by atoms with E-state index in [1.54, 1.807) is 12.1 Å². The predicted octanol–water partition coefficient (Wildman–Crippen LogP) is 4.94. The van der Waals surface area contributed by atoms with Gasteiger partial charge in [0.05, 0.1) is 11.5 Å². The van der Waals surface area contributed by atoms with Gasteiger partial charge in [0.15, 0.2) is 0 Å². The van der Waals surface area contributed by atoms with Crippen LogP contribution in [-0.4, -0.2) is 59.6 Å². The van der Waals surface area contributed by atoms with Crippen LogP contribution in [0.3, 0.4) is 0 Å². The smallest absolute Gasteiger partial charge is 0.246 e. The normalized spacial score (nSPS) is 18.1. The topological polar surface area (TPSA) is 87.7 Å². The van der Waals surface area contributed by atoms with Gasteiger partial charge < -0.3 is 15.0 Å². The number of nitrogens with zero attached hydrogens (tertiary/aromatic N) is 1. The molecule has 1 unspecified atom stereocenters. The predicted molar refractivity (Wildman–Crippen MR) is 163 cm³/mol. The first-order valence-electron chi connectivity index (χ1n) is 14.6. The Kier molecular flexibility index (Phi) is 11.7. The number of hydrogen-bond donors (Lipinski definition) is 2. The molecule has 1 aliphatic carbocycles. The molecule has 0 bridgehead atoms. The number of nitrogens with one attached hydrogen (secondary N) is 2. The van der Waals surface area contributed by atoms with Crippen LogP contribution in [0.4, 0.5) is 4.39 Å². The highest BCUT2D eigenvalue weighted by molar-refractivity contribution is 7.89. The molecule has 3 aromatic carbocycles. The van der Waals surface area contributed by atoms with Crippen LogP contribution >= 0.6 is 0 Å². The fourth-order valence-electron chi connectivity index (χ4n) is 5.89. The van der Waals surface area contributed by atoms with Crippen LogP contribution in [0.25, 0.3) is 0 Å². The standard InChI is InChI=1S/C33H42FN3O4S/c1-37(2)33(28-16-18-30(34)19-17-28)27-14-12-26(13-15-27)23-35-32(38)24-41-21-20-36-42(39,40)31-11-7-6-10-29(31)22-25-8-4-3-5-9-25/h3-11,16-19,26-27,33,36H,12-15,20-24H2,1-2H3,(H,35,38). The minimum absolute atomic E-state index is 0.0698. The minimum Gasteiger partial charge on any atom is -0.370 e. The quantitative estimate of drug-likeness (QED) is 0.258. The van der Waals surface area contributed by atoms with Crippen molar-refractivity contribution in [1.82, 2.24) is 14.9 Å². The summed E-state index contributed by atoms with van der Waals surface area (Å²) in [5, 5.41) is 2.97. The van der Waals surface area contributed by atoms with E-state index in [2.05, 4.69) is 29.0 Å². The van der Waals surface area contributed by atoms with Crippen molar-refractivity contribution in [1.29, 1.82) is 0 Å². The fourth-order valence-corrected chi connectivity index (χ4v) is 7.14. The van der Waals surface area contributed by atoms with Crippen LogP contribution in [0, 0.1) is 17.7 Å². The second kappa shape index (κ2) is 15.4. The first-order valence-corrected chi connectivity index (χ1v) is 16.1. The van der Waals surface area contributed by atoms with Gasteiger partial charge in [-0.25, -0.2) is 17.5 Å². The Morgan fingerprint density at radius 3 is 2.31 bits per heavy atom. The summed E-state index contributed by atoms with van der Waals surface area (Å²) >= 11 is 0. The van der Waals surface area contributed by atoms with E-state index in [9.17, 15) is 17.6 Å². The molecule has 1 aliphatic rings. The Bertz CT molecular complexity index is 1380. The monoisotopic (exact) mass is 595 g/mol. The maximum atomic E-state index is 13.4. The second-order valence-corrected chi connectivity index (χ2v) is 13.0. The van der Waals surface area contributed by atoms with E-state index in [1.807, 2.05) is 54.6 Å². The number of carbonyl (C=O) groups excluding carboxylic acids is 1. The largest absolute Gasteiger partial charge is 0.370 e. The number of hydrogen-bond acceptors (Lipinski definition) is 5. The molecule has 1 fully saturated rings. The molecule has 0 aromatic heterocycles. The van der Waals surface area contributed by atoms with Crippen LogP contribution in [0.15, 0.2) is 83.8 Å². The van der Waals surface area contributed by atoms with Gasteiger partial charge in [-0.1, -0.05) is 60.7 Å². The van der Waals surface area contributed by atoms with Crippen LogP contribution in [0.5, 0.6) is 0 Å². The summed E-state index contributed by atoms with van der Waals surface area (Å²) in [6.07, 6.45) is 4.65. The lowest BCUT2D eigenvalue weighted by Gasteiger charge is -2.37. The zero-order valence-electron chi connectivity index (χ0n) is 24.5. The average Bonchev–Trinajstić information content (AvgIpc) is 2.98. The maximum absolute atomic E-state index is 13.4. The number of rotatable bonds is 14. The van der Waals surface area contributed by atoms with Gasteiger partial charge in [-0.15, -0.1) is 0 Å². The number of ether oxygens (including phenoxy) is 1. The molecule has 4 rings (SSSR count). The third-order valence-electron chi connectivity index (χ3n) is 7.96. The number of benzene rings is 3. The first-order chi connectivity index (χ1) is 20.2. The van der Waals surface area contributed by atoms with Crippen molar-refractivity contribution in [2.45, 2.75) is 43.0 Å². The summed E-state index contributed by atoms with van der Waals surface area (Å²) < 4.78 is 47.4. The van der Waals surface area contributed by atoms with Gasteiger partial charge in [0, 0.05) is 19.1 Å². The Morgan fingerprint density at radius 1 is 0.952 bits per heavy atom. The molecule has 1 amide bonds. The lowest BCUT2D eigenvalue weighted by atomic mass is 9.76. The molecule has 0 aliphatic heterocycles. The number of halogens is 1. The van der Waals surface area contributed by atoms with Crippen molar-refractivity contribution in [3.05, 3.63) is 101 Å². The number of amides is 1. The van der Waals surface area contributed by atoms with Crippen LogP contribution in [0.2, 0.25) is 0 Å². The van der Waals surface area contributed by atoms with Crippen molar-refractivity contribution in [2.75, 3.05) is 40.4 Å². The average molecular weight is 596 g/mol. The summed E-state index contributed by atoms with van der Waals surface area (Å²) in [5.74, 6) is 0.464. The van der Waals surface area contributed by atoms with E-state index in [4.69, 9.17) is 4.74 Å². The number of carbonyl (C=O) groups is 1. The van der Waals surface area contributed by atoms with Crippen molar-refractivity contribution in [2.24, 2.45) is 11.8 Å². The first kappa shape index (κ1) is 31.8. The highest BCUT2D eigenvalue weighted by Gasteiger charge is 2.30. The number of sulfonamides is 1. The van der Waals surface area contributed by atoms with Gasteiger partial charge >= 0.3 is 0 Å². The van der Waals surface area contributed by atoms with Gasteiger partial charge in [-0.2, -0.15) is 0 Å². The van der Waals surface area contributed by atoms with Crippen LogP contribution in [0.1, 0.15) is 48.4 Å². The van der Waals surface area contributed by atoms with E-state index in [0.29, 0.717) is 24.8 Å².